The first kappa shape index (κ1) is 30.9. The Morgan fingerprint density at radius 2 is 1.89 bits per heavy atom. The number of nitrogens with two attached hydrogens (primary N) is 1. The van der Waals surface area contributed by atoms with Crippen LogP contribution in [0.3, 0.4) is 0 Å². The summed E-state index contributed by atoms with van der Waals surface area (Å²) >= 11 is 0. The normalized spacial score (nSPS) is 20.4. The van der Waals surface area contributed by atoms with Gasteiger partial charge in [-0.3, -0.25) is 14.3 Å². The topological polar surface area (TPSA) is 142 Å². The molecule has 0 saturated heterocycles. The van der Waals surface area contributed by atoms with Crippen LogP contribution in [0.4, 0.5) is 17.6 Å². The first-order valence-corrected chi connectivity index (χ1v) is 15.2. The number of fused-ring (bicyclic) bond motifs is 2. The highest BCUT2D eigenvalue weighted by Crippen LogP contribution is 2.50. The molecule has 2 aliphatic carbocycles. The van der Waals surface area contributed by atoms with Gasteiger partial charge in [-0.1, -0.05) is 0 Å². The van der Waals surface area contributed by atoms with Gasteiger partial charge in [0.15, 0.2) is 0 Å². The Morgan fingerprint density at radius 3 is 2.53 bits per heavy atom. The molecule has 4 N–H and O–H groups in total. The van der Waals surface area contributed by atoms with Gasteiger partial charge in [0.1, 0.15) is 46.1 Å². The van der Waals surface area contributed by atoms with Crippen molar-refractivity contribution in [3.63, 3.8) is 0 Å². The van der Waals surface area contributed by atoms with Crippen molar-refractivity contribution in [3.05, 3.63) is 70.8 Å². The zero-order valence-electron chi connectivity index (χ0n) is 25.4. The lowest BCUT2D eigenvalue weighted by atomic mass is 9.81. The quantitative estimate of drug-likeness (QED) is 0.221. The minimum absolute atomic E-state index is 0.0245. The summed E-state index contributed by atoms with van der Waals surface area (Å²) in [5.74, 6) is -2.46. The van der Waals surface area contributed by atoms with Crippen molar-refractivity contribution in [2.75, 3.05) is 20.3 Å². The number of benzene rings is 2. The summed E-state index contributed by atoms with van der Waals surface area (Å²) < 4.78 is 68.7. The van der Waals surface area contributed by atoms with Crippen molar-refractivity contribution in [2.24, 2.45) is 11.7 Å². The molecule has 47 heavy (non-hydrogen) atoms. The van der Waals surface area contributed by atoms with Crippen LogP contribution < -0.4 is 20.5 Å². The van der Waals surface area contributed by atoms with E-state index >= 15 is 0 Å². The van der Waals surface area contributed by atoms with Gasteiger partial charge >= 0.3 is 6.18 Å². The molecule has 0 unspecified atom stereocenters. The van der Waals surface area contributed by atoms with Gasteiger partial charge in [-0.05, 0) is 74.9 Å². The molecule has 246 valence electrons. The Balaban J connectivity index is 1.28. The Labute approximate surface area is 265 Å². The van der Waals surface area contributed by atoms with Gasteiger partial charge in [-0.25, -0.2) is 9.37 Å². The first-order valence-electron chi connectivity index (χ1n) is 15.2. The molecular weight excluding hydrogens is 622 g/mol. The molecule has 2 atom stereocenters. The van der Waals surface area contributed by atoms with Crippen LogP contribution in [0.5, 0.6) is 11.5 Å². The molecular formula is C33H31F4N5O5. The third-order valence-corrected chi connectivity index (χ3v) is 9.32. The van der Waals surface area contributed by atoms with E-state index < -0.39 is 40.4 Å². The fourth-order valence-electron chi connectivity index (χ4n) is 6.15. The number of methoxy groups -OCH3 is 1. The molecule has 2 saturated carbocycles. The van der Waals surface area contributed by atoms with E-state index in [4.69, 9.17) is 15.2 Å². The van der Waals surface area contributed by atoms with E-state index in [0.29, 0.717) is 41.6 Å². The van der Waals surface area contributed by atoms with Gasteiger partial charge in [-0.15, -0.1) is 0 Å². The number of rotatable bonds is 9. The summed E-state index contributed by atoms with van der Waals surface area (Å²) in [6.07, 6.45) is 0.189. The first-order chi connectivity index (χ1) is 22.2. The van der Waals surface area contributed by atoms with Crippen LogP contribution in [0.15, 0.2) is 42.6 Å². The van der Waals surface area contributed by atoms with Gasteiger partial charge in [0, 0.05) is 28.3 Å². The number of carbonyl (C=O) groups excluding carboxylic acids is 2. The number of nitrogens with zero attached hydrogens (tertiary/aromatic N) is 3. The van der Waals surface area contributed by atoms with E-state index in [9.17, 15) is 32.3 Å². The van der Waals surface area contributed by atoms with Crippen LogP contribution >= 0.6 is 0 Å². The predicted molar refractivity (Wildman–Crippen MR) is 160 cm³/mol. The molecule has 2 aromatic heterocycles. The van der Waals surface area contributed by atoms with E-state index in [1.807, 2.05) is 10.9 Å². The van der Waals surface area contributed by atoms with Crippen LogP contribution in [-0.4, -0.2) is 51.9 Å². The van der Waals surface area contributed by atoms with E-state index in [1.165, 1.54) is 20.1 Å². The number of ether oxygens (including phenoxy) is 2. The van der Waals surface area contributed by atoms with Gasteiger partial charge in [0.2, 0.25) is 5.91 Å². The fourth-order valence-corrected chi connectivity index (χ4v) is 6.15. The highest BCUT2D eigenvalue weighted by molar-refractivity contribution is 6.00. The van der Waals surface area contributed by atoms with Crippen LogP contribution in [0, 0.1) is 11.7 Å². The Kier molecular flexibility index (Phi) is 7.01. The maximum Gasteiger partial charge on any atom is 0.416 e. The summed E-state index contributed by atoms with van der Waals surface area (Å²) in [6.45, 7) is 0.945. The largest absolute Gasteiger partial charge is 0.494 e. The summed E-state index contributed by atoms with van der Waals surface area (Å²) in [5.41, 5.74) is 1.84. The molecule has 2 fully saturated rings. The summed E-state index contributed by atoms with van der Waals surface area (Å²) in [4.78, 5) is 30.7. The standard InChI is InChI=1S/C33H31F4N5O5/c1-31(30(38)44)15-47-28-23(31)12-25(40-27(28)16-8-20(33(35,36)37)11-21(34)9-16)32(45,19-3-4-19)14-39-29(43)17-7-18-13-42(22-5-6-22)41-26(18)24(10-17)46-2/h7-13,19,22,45H,3-6,14-15H2,1-2H3,(H2,38,44)(H,39,43)/t31-,32+/m0/s1. The smallest absolute Gasteiger partial charge is 0.416 e. The highest BCUT2D eigenvalue weighted by Gasteiger charge is 2.50. The van der Waals surface area contributed by atoms with Gasteiger partial charge in [0.25, 0.3) is 5.91 Å². The number of aromatic nitrogens is 3. The summed E-state index contributed by atoms with van der Waals surface area (Å²) in [7, 11) is 1.48. The molecule has 2 amide bonds. The van der Waals surface area contributed by atoms with Crippen molar-refractivity contribution < 1.29 is 41.7 Å². The van der Waals surface area contributed by atoms with Crippen molar-refractivity contribution in [1.29, 1.82) is 0 Å². The maximum atomic E-state index is 14.6. The monoisotopic (exact) mass is 653 g/mol. The average Bonchev–Trinajstić information content (AvgIpc) is 3.97. The summed E-state index contributed by atoms with van der Waals surface area (Å²) in [6, 6.07) is 6.95. The van der Waals surface area contributed by atoms with Crippen molar-refractivity contribution in [2.45, 2.75) is 55.8 Å². The molecule has 3 heterocycles. The number of alkyl halides is 3. The van der Waals surface area contributed by atoms with Gasteiger partial charge < -0.3 is 25.6 Å². The minimum Gasteiger partial charge on any atom is -0.494 e. The molecule has 0 spiro atoms. The second-order valence-corrected chi connectivity index (χ2v) is 12.8. The molecule has 7 rings (SSSR count). The lowest BCUT2D eigenvalue weighted by molar-refractivity contribution is -0.137. The lowest BCUT2D eigenvalue weighted by Crippen LogP contribution is -2.44. The molecule has 0 radical (unpaired) electrons. The highest BCUT2D eigenvalue weighted by atomic mass is 19.4. The predicted octanol–water partition coefficient (Wildman–Crippen LogP) is 4.76. The van der Waals surface area contributed by atoms with Crippen LogP contribution in [0.1, 0.15) is 65.8 Å². The maximum absolute atomic E-state index is 14.6. The molecule has 14 heteroatoms. The molecule has 2 aromatic carbocycles. The number of halogens is 4. The SMILES string of the molecule is COc1cc(C(=O)NC[C@](O)(c2cc3c(c(-c4cc(F)cc(C(F)(F)F)c4)n2)OC[C@]3(C)C(N)=O)C2CC2)cc2cn(C3CC3)nc12. The Morgan fingerprint density at radius 1 is 1.15 bits per heavy atom. The molecule has 1 aliphatic heterocycles. The number of amides is 2. The minimum atomic E-state index is -4.86. The van der Waals surface area contributed by atoms with Crippen LogP contribution in [0.2, 0.25) is 0 Å². The Bertz CT molecular complexity index is 1950. The third-order valence-electron chi connectivity index (χ3n) is 9.32. The molecule has 4 aromatic rings. The van der Waals surface area contributed by atoms with Crippen molar-refractivity contribution in [1.82, 2.24) is 20.1 Å². The second-order valence-electron chi connectivity index (χ2n) is 12.8. The second kappa shape index (κ2) is 10.7. The molecule has 10 nitrogen and oxygen atoms in total. The molecule has 3 aliphatic rings. The number of hydrogen-bond acceptors (Lipinski definition) is 7. The Hall–Kier alpha value is -4.72. The van der Waals surface area contributed by atoms with Crippen LogP contribution in [-0.2, 0) is 22.0 Å². The zero-order chi connectivity index (χ0) is 33.5. The number of primary amides is 1. The number of hydrogen-bond donors (Lipinski definition) is 3. The van der Waals surface area contributed by atoms with Crippen molar-refractivity contribution in [3.8, 4) is 22.8 Å². The number of carbonyl (C=O) groups is 2. The number of aliphatic hydroxyl groups is 1. The van der Waals surface area contributed by atoms with Gasteiger partial charge in [0.05, 0.1) is 31.0 Å². The average molecular weight is 654 g/mol. The zero-order valence-corrected chi connectivity index (χ0v) is 25.4. The molecule has 0 bridgehead atoms. The van der Waals surface area contributed by atoms with E-state index in [2.05, 4.69) is 15.4 Å². The fraction of sp³-hybridized carbons (Fsp3) is 0.394. The van der Waals surface area contributed by atoms with E-state index in [1.54, 1.807) is 12.1 Å². The van der Waals surface area contributed by atoms with Crippen LogP contribution in [0.25, 0.3) is 22.2 Å². The third kappa shape index (κ3) is 5.33. The summed E-state index contributed by atoms with van der Waals surface area (Å²) in [5, 5.41) is 20.3. The number of nitrogens with one attached hydrogen (secondary N) is 1. The van der Waals surface area contributed by atoms with Gasteiger partial charge in [-0.2, -0.15) is 18.3 Å². The van der Waals surface area contributed by atoms with E-state index in [0.717, 1.165) is 25.0 Å². The van der Waals surface area contributed by atoms with Crippen molar-refractivity contribution >= 4 is 22.7 Å². The lowest BCUT2D eigenvalue weighted by Gasteiger charge is -2.30. The van der Waals surface area contributed by atoms with E-state index in [-0.39, 0.29) is 52.9 Å². The number of pyridine rings is 1.